The maximum Gasteiger partial charge on any atom is 0.258 e. The lowest BCUT2D eigenvalue weighted by Crippen LogP contribution is -2.11. The molecule has 0 atom stereocenters. The van der Waals surface area contributed by atoms with Crippen LogP contribution >= 0.6 is 46.1 Å². The molecule has 2 rings (SSSR count). The van der Waals surface area contributed by atoms with Crippen molar-refractivity contribution in [1.82, 2.24) is 0 Å². The average Bonchev–Trinajstić information content (AvgIpc) is 2.71. The molecule has 96 valence electrons. The molecule has 1 heterocycles. The molecular formula is C12H5Cl3N2OS. The molecule has 1 amide bonds. The first-order valence-electron chi connectivity index (χ1n) is 4.97. The Hall–Kier alpha value is -1.25. The molecule has 0 bridgehead atoms. The minimum atomic E-state index is -0.389. The number of thiophene rings is 1. The van der Waals surface area contributed by atoms with Gasteiger partial charge in [0.05, 0.1) is 20.5 Å². The molecule has 0 aliphatic rings. The van der Waals surface area contributed by atoms with Crippen LogP contribution < -0.4 is 5.32 Å². The van der Waals surface area contributed by atoms with Crippen molar-refractivity contribution in [2.24, 2.45) is 0 Å². The van der Waals surface area contributed by atoms with E-state index in [0.29, 0.717) is 24.9 Å². The van der Waals surface area contributed by atoms with Gasteiger partial charge in [-0.3, -0.25) is 4.79 Å². The Morgan fingerprint density at radius 2 is 2.00 bits per heavy atom. The van der Waals surface area contributed by atoms with Gasteiger partial charge in [0.15, 0.2) is 0 Å². The second-order valence-electron chi connectivity index (χ2n) is 3.50. The lowest BCUT2D eigenvalue weighted by Gasteiger charge is -2.05. The summed E-state index contributed by atoms with van der Waals surface area (Å²) in [4.78, 5) is 12.0. The highest BCUT2D eigenvalue weighted by atomic mass is 35.5. The zero-order chi connectivity index (χ0) is 14.0. The zero-order valence-corrected chi connectivity index (χ0v) is 12.3. The Morgan fingerprint density at radius 3 is 2.58 bits per heavy atom. The highest BCUT2D eigenvalue weighted by molar-refractivity contribution is 7.20. The maximum atomic E-state index is 12.0. The van der Waals surface area contributed by atoms with Gasteiger partial charge in [0.2, 0.25) is 0 Å². The van der Waals surface area contributed by atoms with Gasteiger partial charge in [0.25, 0.3) is 5.91 Å². The first kappa shape index (κ1) is 14.2. The van der Waals surface area contributed by atoms with Crippen LogP contribution in [0.3, 0.4) is 0 Å². The summed E-state index contributed by atoms with van der Waals surface area (Å²) in [6.45, 7) is 0. The number of nitriles is 1. The van der Waals surface area contributed by atoms with Gasteiger partial charge in [-0.2, -0.15) is 5.26 Å². The van der Waals surface area contributed by atoms with Gasteiger partial charge in [-0.05, 0) is 24.3 Å². The van der Waals surface area contributed by atoms with E-state index in [1.165, 1.54) is 18.2 Å². The van der Waals surface area contributed by atoms with Gasteiger partial charge in [-0.25, -0.2) is 0 Å². The third kappa shape index (κ3) is 3.20. The van der Waals surface area contributed by atoms with Crippen LogP contribution in [-0.4, -0.2) is 5.91 Å². The molecule has 1 N–H and O–H groups in total. The largest absolute Gasteiger partial charge is 0.322 e. The molecule has 0 aliphatic heterocycles. The van der Waals surface area contributed by atoms with Gasteiger partial charge < -0.3 is 5.32 Å². The van der Waals surface area contributed by atoms with Crippen molar-refractivity contribution < 1.29 is 4.79 Å². The number of halogens is 3. The number of anilines is 1. The van der Waals surface area contributed by atoms with E-state index in [1.807, 2.05) is 6.07 Å². The normalized spacial score (nSPS) is 10.0. The summed E-state index contributed by atoms with van der Waals surface area (Å²) in [6.07, 6.45) is 0. The van der Waals surface area contributed by atoms with Crippen molar-refractivity contribution in [3.8, 4) is 6.07 Å². The predicted octanol–water partition coefficient (Wildman–Crippen LogP) is 4.83. The summed E-state index contributed by atoms with van der Waals surface area (Å²) in [6, 6.07) is 8.05. The van der Waals surface area contributed by atoms with Crippen molar-refractivity contribution in [3.63, 3.8) is 0 Å². The fourth-order valence-corrected chi connectivity index (χ4v) is 3.00. The Kier molecular flexibility index (Phi) is 4.33. The van der Waals surface area contributed by atoms with Crippen LogP contribution in [0.25, 0.3) is 0 Å². The minimum absolute atomic E-state index is 0.286. The number of amides is 1. The van der Waals surface area contributed by atoms with E-state index in [0.717, 1.165) is 11.3 Å². The van der Waals surface area contributed by atoms with E-state index >= 15 is 0 Å². The minimum Gasteiger partial charge on any atom is -0.322 e. The smallest absolute Gasteiger partial charge is 0.258 e. The lowest BCUT2D eigenvalue weighted by molar-refractivity contribution is 0.102. The average molecular weight is 332 g/mol. The first-order valence-corrected chi connectivity index (χ1v) is 6.92. The molecule has 0 saturated carbocycles. The van der Waals surface area contributed by atoms with E-state index in [1.54, 1.807) is 6.07 Å². The summed E-state index contributed by atoms with van der Waals surface area (Å²) in [7, 11) is 0. The van der Waals surface area contributed by atoms with Crippen molar-refractivity contribution >= 4 is 57.7 Å². The van der Waals surface area contributed by atoms with E-state index in [-0.39, 0.29) is 11.5 Å². The molecule has 0 unspecified atom stereocenters. The van der Waals surface area contributed by atoms with Crippen LogP contribution in [0.2, 0.25) is 13.7 Å². The van der Waals surface area contributed by atoms with Crippen LogP contribution in [0.15, 0.2) is 24.3 Å². The number of carbonyl (C=O) groups excluding carboxylic acids is 1. The monoisotopic (exact) mass is 330 g/mol. The molecule has 2 aromatic rings. The molecule has 7 heteroatoms. The second kappa shape index (κ2) is 5.81. The highest BCUT2D eigenvalue weighted by Crippen LogP contribution is 2.31. The van der Waals surface area contributed by atoms with Crippen molar-refractivity contribution in [2.75, 3.05) is 5.32 Å². The van der Waals surface area contributed by atoms with Gasteiger partial charge in [0.1, 0.15) is 10.4 Å². The second-order valence-corrected chi connectivity index (χ2v) is 6.19. The predicted molar refractivity (Wildman–Crippen MR) is 78.5 cm³/mol. The number of benzene rings is 1. The van der Waals surface area contributed by atoms with Crippen LogP contribution in [0.5, 0.6) is 0 Å². The number of nitrogens with one attached hydrogen (secondary N) is 1. The molecule has 0 aliphatic carbocycles. The number of rotatable bonds is 2. The fraction of sp³-hybridized carbons (Fsp3) is 0. The molecule has 0 radical (unpaired) electrons. The van der Waals surface area contributed by atoms with Gasteiger partial charge in [0, 0.05) is 5.69 Å². The van der Waals surface area contributed by atoms with Gasteiger partial charge >= 0.3 is 0 Å². The summed E-state index contributed by atoms with van der Waals surface area (Å²) >= 11 is 18.6. The number of hydrogen-bond donors (Lipinski definition) is 1. The Labute approximate surface area is 128 Å². The molecule has 0 spiro atoms. The molecular weight excluding hydrogens is 327 g/mol. The van der Waals surface area contributed by atoms with E-state index in [2.05, 4.69) is 5.32 Å². The summed E-state index contributed by atoms with van der Waals surface area (Å²) in [5.41, 5.74) is 1.04. The van der Waals surface area contributed by atoms with Crippen molar-refractivity contribution in [1.29, 1.82) is 5.26 Å². The van der Waals surface area contributed by atoms with Crippen LogP contribution in [0, 0.1) is 11.3 Å². The van der Waals surface area contributed by atoms with E-state index in [4.69, 9.17) is 40.1 Å². The highest BCUT2D eigenvalue weighted by Gasteiger charge is 2.14. The fourth-order valence-electron chi connectivity index (χ4n) is 1.38. The van der Waals surface area contributed by atoms with Gasteiger partial charge in [-0.1, -0.05) is 34.8 Å². The molecule has 3 nitrogen and oxygen atoms in total. The maximum absolute atomic E-state index is 12.0. The number of carbonyl (C=O) groups is 1. The SMILES string of the molecule is N#Cc1cc(NC(=O)c2cc(Cl)sc2Cl)ccc1Cl. The Bertz CT molecular complexity index is 691. The van der Waals surface area contributed by atoms with E-state index in [9.17, 15) is 4.79 Å². The summed E-state index contributed by atoms with van der Waals surface area (Å²) in [5, 5.41) is 11.8. The number of hydrogen-bond acceptors (Lipinski definition) is 3. The molecule has 0 fully saturated rings. The Morgan fingerprint density at radius 1 is 1.26 bits per heavy atom. The molecule has 0 saturated heterocycles. The van der Waals surface area contributed by atoms with Gasteiger partial charge in [-0.15, -0.1) is 11.3 Å². The first-order chi connectivity index (χ1) is 9.01. The molecule has 19 heavy (non-hydrogen) atoms. The van der Waals surface area contributed by atoms with E-state index < -0.39 is 0 Å². The summed E-state index contributed by atoms with van der Waals surface area (Å²) in [5.74, 6) is -0.389. The molecule has 1 aromatic heterocycles. The molecule has 1 aromatic carbocycles. The standard InChI is InChI=1S/C12H5Cl3N2OS/c13-9-2-1-7(3-6(9)5-16)17-12(18)8-4-10(14)19-11(8)15/h1-4H,(H,17,18). The van der Waals surface area contributed by atoms with Crippen LogP contribution in [-0.2, 0) is 0 Å². The number of nitrogens with zero attached hydrogens (tertiary/aromatic N) is 1. The quantitative estimate of drug-likeness (QED) is 0.856. The third-order valence-corrected chi connectivity index (χ3v) is 4.06. The third-order valence-electron chi connectivity index (χ3n) is 2.25. The zero-order valence-electron chi connectivity index (χ0n) is 9.21. The lowest BCUT2D eigenvalue weighted by atomic mass is 10.2. The Balaban J connectivity index is 2.25. The topological polar surface area (TPSA) is 52.9 Å². The van der Waals surface area contributed by atoms with Crippen LogP contribution in [0.4, 0.5) is 5.69 Å². The van der Waals surface area contributed by atoms with Crippen molar-refractivity contribution in [2.45, 2.75) is 0 Å². The summed E-state index contributed by atoms with van der Waals surface area (Å²) < 4.78 is 0.751. The van der Waals surface area contributed by atoms with Crippen LogP contribution in [0.1, 0.15) is 15.9 Å². The van der Waals surface area contributed by atoms with Crippen molar-refractivity contribution in [3.05, 3.63) is 49.1 Å².